The van der Waals surface area contributed by atoms with E-state index in [1.54, 1.807) is 22.9 Å². The van der Waals surface area contributed by atoms with Gasteiger partial charge >= 0.3 is 0 Å². The van der Waals surface area contributed by atoms with E-state index < -0.39 is 0 Å². The molecule has 0 N–H and O–H groups in total. The van der Waals surface area contributed by atoms with Gasteiger partial charge in [-0.15, -0.1) is 10.2 Å². The molecule has 0 spiro atoms. The van der Waals surface area contributed by atoms with Crippen LogP contribution in [0.15, 0.2) is 89.1 Å². The van der Waals surface area contributed by atoms with E-state index >= 15 is 0 Å². The first-order valence-electron chi connectivity index (χ1n) is 11.6. The average Bonchev–Trinajstić information content (AvgIpc) is 3.49. The minimum absolute atomic E-state index is 0.0734. The molecule has 0 unspecified atom stereocenters. The first-order valence-corrected chi connectivity index (χ1v) is 13.4. The predicted molar refractivity (Wildman–Crippen MR) is 145 cm³/mol. The predicted octanol–water partition coefficient (Wildman–Crippen LogP) is 5.97. The molecule has 0 aliphatic rings. The molecule has 7 nitrogen and oxygen atoms in total. The molecule has 0 fully saturated rings. The number of pyridine rings is 1. The Balaban J connectivity index is 1.42. The molecule has 36 heavy (non-hydrogen) atoms. The van der Waals surface area contributed by atoms with Gasteiger partial charge in [0, 0.05) is 29.8 Å². The zero-order chi connectivity index (χ0) is 24.6. The maximum absolute atomic E-state index is 13.0. The zero-order valence-electron chi connectivity index (χ0n) is 19.7. The Morgan fingerprint density at radius 3 is 2.67 bits per heavy atom. The average molecular weight is 511 g/mol. The molecule has 6 aromatic rings. The van der Waals surface area contributed by atoms with E-state index in [0.29, 0.717) is 22.3 Å². The summed E-state index contributed by atoms with van der Waals surface area (Å²) in [7, 11) is 0. The summed E-state index contributed by atoms with van der Waals surface area (Å²) >= 11 is 3.04. The first-order chi connectivity index (χ1) is 17.6. The van der Waals surface area contributed by atoms with E-state index in [-0.39, 0.29) is 5.56 Å². The number of hydrogen-bond donors (Lipinski definition) is 0. The lowest BCUT2D eigenvalue weighted by molar-refractivity contribution is 0.818. The van der Waals surface area contributed by atoms with Crippen LogP contribution in [0.2, 0.25) is 0 Å². The molecule has 0 bridgehead atoms. The fraction of sp³-hybridized carbons (Fsp3) is 0.148. The van der Waals surface area contributed by atoms with Crippen LogP contribution in [-0.4, -0.2) is 29.1 Å². The number of fused-ring (bicyclic) bond motifs is 3. The summed E-state index contributed by atoms with van der Waals surface area (Å²) in [4.78, 5) is 22.7. The van der Waals surface area contributed by atoms with Crippen LogP contribution in [0.25, 0.3) is 32.3 Å². The van der Waals surface area contributed by atoms with Crippen molar-refractivity contribution in [3.8, 4) is 17.1 Å². The Morgan fingerprint density at radius 1 is 1.00 bits per heavy atom. The lowest BCUT2D eigenvalue weighted by atomic mass is 10.0. The van der Waals surface area contributed by atoms with Crippen LogP contribution in [-0.2, 0) is 5.75 Å². The molecule has 0 radical (unpaired) electrons. The summed E-state index contributed by atoms with van der Waals surface area (Å²) in [6, 6.07) is 21.7. The van der Waals surface area contributed by atoms with Gasteiger partial charge in [-0.05, 0) is 41.8 Å². The molecular formula is C27H22N6OS2. The Bertz CT molecular complexity index is 1750. The van der Waals surface area contributed by atoms with Crippen molar-refractivity contribution < 1.29 is 0 Å². The Morgan fingerprint density at radius 2 is 1.83 bits per heavy atom. The summed E-state index contributed by atoms with van der Waals surface area (Å²) in [6.07, 6.45) is 3.54. The molecular weight excluding hydrogens is 488 g/mol. The number of thioether (sulfide) groups is 1. The monoisotopic (exact) mass is 510 g/mol. The van der Waals surface area contributed by atoms with E-state index in [0.717, 1.165) is 32.4 Å². The fourth-order valence-electron chi connectivity index (χ4n) is 4.28. The van der Waals surface area contributed by atoms with Crippen molar-refractivity contribution in [3.05, 3.63) is 101 Å². The molecule has 6 rings (SSSR count). The number of thiazole rings is 1. The third kappa shape index (κ3) is 4.00. The second kappa shape index (κ2) is 9.33. The zero-order valence-corrected chi connectivity index (χ0v) is 21.3. The highest BCUT2D eigenvalue weighted by molar-refractivity contribution is 7.98. The highest BCUT2D eigenvalue weighted by atomic mass is 32.2. The van der Waals surface area contributed by atoms with Gasteiger partial charge in [-0.3, -0.25) is 18.7 Å². The third-order valence-corrected chi connectivity index (χ3v) is 7.93. The van der Waals surface area contributed by atoms with E-state index in [1.807, 2.05) is 42.5 Å². The normalized spacial score (nSPS) is 11.6. The van der Waals surface area contributed by atoms with Crippen molar-refractivity contribution in [3.63, 3.8) is 0 Å². The third-order valence-electron chi connectivity index (χ3n) is 5.95. The minimum atomic E-state index is -0.0734. The SMILES string of the molecule is CC(C)c1ccccc1-n1c(SCc2cc(=O)n3c(n2)sc2ccccc23)nnc1-c1cccnc1. The van der Waals surface area contributed by atoms with Crippen molar-refractivity contribution in [2.24, 2.45) is 0 Å². The lowest BCUT2D eigenvalue weighted by Crippen LogP contribution is -2.13. The van der Waals surface area contributed by atoms with Gasteiger partial charge in [-0.25, -0.2) is 4.98 Å². The van der Waals surface area contributed by atoms with Crippen molar-refractivity contribution in [1.29, 1.82) is 0 Å². The second-order valence-electron chi connectivity index (χ2n) is 8.66. The largest absolute Gasteiger partial charge is 0.270 e. The number of hydrogen-bond acceptors (Lipinski definition) is 7. The van der Waals surface area contributed by atoms with Gasteiger partial charge in [-0.1, -0.05) is 67.3 Å². The maximum atomic E-state index is 13.0. The van der Waals surface area contributed by atoms with Crippen molar-refractivity contribution in [2.45, 2.75) is 30.7 Å². The molecule has 0 aliphatic heterocycles. The summed E-state index contributed by atoms with van der Waals surface area (Å²) in [5.41, 5.74) is 4.65. The number of aromatic nitrogens is 6. The summed E-state index contributed by atoms with van der Waals surface area (Å²) in [6.45, 7) is 4.36. The van der Waals surface area contributed by atoms with E-state index in [1.165, 1.54) is 28.7 Å². The molecule has 0 aliphatic carbocycles. The molecule has 178 valence electrons. The maximum Gasteiger partial charge on any atom is 0.259 e. The van der Waals surface area contributed by atoms with E-state index in [4.69, 9.17) is 4.98 Å². The van der Waals surface area contributed by atoms with Crippen LogP contribution in [0.4, 0.5) is 0 Å². The van der Waals surface area contributed by atoms with Crippen LogP contribution >= 0.6 is 23.1 Å². The van der Waals surface area contributed by atoms with E-state index in [9.17, 15) is 4.79 Å². The Hall–Kier alpha value is -3.82. The number of rotatable bonds is 6. The van der Waals surface area contributed by atoms with Crippen LogP contribution in [0.3, 0.4) is 0 Å². The minimum Gasteiger partial charge on any atom is -0.270 e. The molecule has 0 saturated carbocycles. The van der Waals surface area contributed by atoms with Gasteiger partial charge < -0.3 is 0 Å². The second-order valence-corrected chi connectivity index (χ2v) is 10.6. The number of nitrogens with zero attached hydrogens (tertiary/aromatic N) is 6. The van der Waals surface area contributed by atoms with Crippen LogP contribution in [0.1, 0.15) is 31.0 Å². The standard InChI is InChI=1S/C27H22N6OS2/c1-17(2)20-9-3-4-10-21(20)33-25(18-8-7-13-28-15-18)30-31-27(33)35-16-19-14-24(34)32-22-11-5-6-12-23(22)36-26(32)29-19/h3-15,17H,16H2,1-2H3. The van der Waals surface area contributed by atoms with E-state index in [2.05, 4.69) is 51.8 Å². The van der Waals surface area contributed by atoms with Crippen LogP contribution in [0, 0.1) is 0 Å². The van der Waals surface area contributed by atoms with Gasteiger partial charge in [0.25, 0.3) is 5.56 Å². The smallest absolute Gasteiger partial charge is 0.259 e. The highest BCUT2D eigenvalue weighted by Crippen LogP contribution is 2.33. The van der Waals surface area contributed by atoms with Crippen molar-refractivity contribution in [2.75, 3.05) is 0 Å². The summed E-state index contributed by atoms with van der Waals surface area (Å²) < 4.78 is 4.80. The van der Waals surface area contributed by atoms with Gasteiger partial charge in [0.2, 0.25) is 0 Å². The molecule has 0 atom stereocenters. The van der Waals surface area contributed by atoms with Gasteiger partial charge in [0.1, 0.15) is 0 Å². The summed E-state index contributed by atoms with van der Waals surface area (Å²) in [5.74, 6) is 1.54. The molecule has 0 amide bonds. The Kier molecular flexibility index (Phi) is 5.86. The van der Waals surface area contributed by atoms with Crippen LogP contribution in [0.5, 0.6) is 0 Å². The number of para-hydroxylation sites is 2. The molecule has 0 saturated heterocycles. The van der Waals surface area contributed by atoms with Crippen molar-refractivity contribution >= 4 is 38.3 Å². The molecule has 9 heteroatoms. The van der Waals surface area contributed by atoms with Gasteiger partial charge in [0.05, 0.1) is 21.6 Å². The molecule has 2 aromatic carbocycles. The first kappa shape index (κ1) is 22.6. The van der Waals surface area contributed by atoms with Crippen molar-refractivity contribution in [1.82, 2.24) is 29.1 Å². The summed E-state index contributed by atoms with van der Waals surface area (Å²) in [5, 5.41) is 9.82. The quantitative estimate of drug-likeness (QED) is 0.257. The molecule has 4 aromatic heterocycles. The van der Waals surface area contributed by atoms with Gasteiger partial charge in [0.15, 0.2) is 15.9 Å². The van der Waals surface area contributed by atoms with Crippen LogP contribution < -0.4 is 5.56 Å². The number of benzene rings is 2. The topological polar surface area (TPSA) is 78.0 Å². The van der Waals surface area contributed by atoms with Gasteiger partial charge in [-0.2, -0.15) is 0 Å². The Labute approximate surface area is 215 Å². The lowest BCUT2D eigenvalue weighted by Gasteiger charge is -2.16. The molecule has 4 heterocycles. The highest BCUT2D eigenvalue weighted by Gasteiger charge is 2.20. The fourth-order valence-corrected chi connectivity index (χ4v) is 6.16.